The Kier molecular flexibility index (Phi) is 7.32. The summed E-state index contributed by atoms with van der Waals surface area (Å²) in [6.07, 6.45) is 12.2. The number of rotatable bonds is 9. The maximum absolute atomic E-state index is 5.29. The summed E-state index contributed by atoms with van der Waals surface area (Å²) in [7, 11) is 1.76. The Hall–Kier alpha value is -0.525. The van der Waals surface area contributed by atoms with E-state index < -0.39 is 0 Å². The molecule has 0 fully saturated rings. The standard InChI is InChI=1S/C13H23BO/c1-2-3-4-5-6-7-8-9-10-13-11-12-14-15-13/h11-12H,2-10H2,1H3. The van der Waals surface area contributed by atoms with E-state index in [0.717, 1.165) is 12.2 Å². The molecular formula is C13H23BO. The van der Waals surface area contributed by atoms with E-state index in [2.05, 4.69) is 13.0 Å². The molecule has 0 atom stereocenters. The Morgan fingerprint density at radius 3 is 2.27 bits per heavy atom. The van der Waals surface area contributed by atoms with Gasteiger partial charge in [-0.1, -0.05) is 0 Å². The van der Waals surface area contributed by atoms with E-state index >= 15 is 0 Å². The van der Waals surface area contributed by atoms with Gasteiger partial charge in [-0.2, -0.15) is 0 Å². The van der Waals surface area contributed by atoms with Crippen LogP contribution in [0.4, 0.5) is 0 Å². The van der Waals surface area contributed by atoms with E-state index in [1.807, 2.05) is 5.96 Å². The molecule has 1 nitrogen and oxygen atoms in total. The quantitative estimate of drug-likeness (QED) is 0.549. The molecule has 0 aliphatic heterocycles. The molecule has 0 radical (unpaired) electrons. The van der Waals surface area contributed by atoms with E-state index in [9.17, 15) is 0 Å². The summed E-state index contributed by atoms with van der Waals surface area (Å²) in [5.41, 5.74) is 0. The van der Waals surface area contributed by atoms with E-state index in [0.29, 0.717) is 0 Å². The fourth-order valence-electron chi connectivity index (χ4n) is 1.89. The molecule has 2 heteroatoms. The van der Waals surface area contributed by atoms with Crippen molar-refractivity contribution in [3.05, 3.63) is 17.8 Å². The summed E-state index contributed by atoms with van der Waals surface area (Å²) < 4.78 is 5.29. The third-order valence-electron chi connectivity index (χ3n) is 2.86. The van der Waals surface area contributed by atoms with Gasteiger partial charge in [-0.3, -0.25) is 0 Å². The maximum atomic E-state index is 5.29. The minimum atomic E-state index is 1.11. The SMILES string of the molecule is CCCCCCCCCCc1ccbo1. The average molecular weight is 206 g/mol. The third kappa shape index (κ3) is 6.54. The van der Waals surface area contributed by atoms with Gasteiger partial charge in [0, 0.05) is 0 Å². The molecule has 0 unspecified atom stereocenters. The van der Waals surface area contributed by atoms with Gasteiger partial charge in [-0.15, -0.1) is 0 Å². The number of unbranched alkanes of at least 4 members (excludes halogenated alkanes) is 7. The van der Waals surface area contributed by atoms with Crippen LogP contribution < -0.4 is 0 Å². The van der Waals surface area contributed by atoms with Crippen LogP contribution in [-0.2, 0) is 6.42 Å². The molecule has 0 spiro atoms. The van der Waals surface area contributed by atoms with Crippen LogP contribution in [-0.4, -0.2) is 7.13 Å². The van der Waals surface area contributed by atoms with Gasteiger partial charge in [0.1, 0.15) is 0 Å². The first-order valence-corrected chi connectivity index (χ1v) is 6.46. The van der Waals surface area contributed by atoms with Crippen LogP contribution in [0.3, 0.4) is 0 Å². The zero-order chi connectivity index (χ0) is 10.8. The predicted octanol–water partition coefficient (Wildman–Crippen LogP) is 4.30. The molecule has 0 saturated heterocycles. The third-order valence-corrected chi connectivity index (χ3v) is 2.86. The second-order valence-corrected chi connectivity index (χ2v) is 4.30. The molecule has 84 valence electrons. The van der Waals surface area contributed by atoms with Gasteiger partial charge in [-0.25, -0.2) is 0 Å². The molecule has 0 aliphatic rings. The molecule has 0 saturated carbocycles. The van der Waals surface area contributed by atoms with Crippen LogP contribution >= 0.6 is 0 Å². The minimum absolute atomic E-state index is 1.11. The first-order valence-electron chi connectivity index (χ1n) is 6.46. The van der Waals surface area contributed by atoms with Crippen molar-refractivity contribution in [3.63, 3.8) is 0 Å². The second kappa shape index (κ2) is 8.76. The number of aryl methyl sites for hydroxylation is 1. The van der Waals surface area contributed by atoms with Gasteiger partial charge < -0.3 is 0 Å². The van der Waals surface area contributed by atoms with Gasteiger partial charge in [-0.05, 0) is 0 Å². The van der Waals surface area contributed by atoms with Gasteiger partial charge >= 0.3 is 94.0 Å². The van der Waals surface area contributed by atoms with Crippen molar-refractivity contribution in [2.45, 2.75) is 64.7 Å². The number of hydrogen-bond donors (Lipinski definition) is 0. The Bertz CT molecular complexity index is 218. The Morgan fingerprint density at radius 1 is 1.00 bits per heavy atom. The average Bonchev–Trinajstić information content (AvgIpc) is 2.75. The predicted molar refractivity (Wildman–Crippen MR) is 66.4 cm³/mol. The molecule has 0 N–H and O–H groups in total. The first kappa shape index (κ1) is 12.5. The van der Waals surface area contributed by atoms with Crippen LogP contribution in [0.25, 0.3) is 0 Å². The van der Waals surface area contributed by atoms with Crippen LogP contribution in [0.5, 0.6) is 0 Å². The summed E-state index contributed by atoms with van der Waals surface area (Å²) in [6.45, 7) is 2.27. The van der Waals surface area contributed by atoms with Gasteiger partial charge in [0.25, 0.3) is 0 Å². The summed E-state index contributed by atoms with van der Waals surface area (Å²) in [5, 5.41) is 0. The Balaban J connectivity index is 1.81. The van der Waals surface area contributed by atoms with Crippen molar-refractivity contribution in [1.29, 1.82) is 0 Å². The van der Waals surface area contributed by atoms with Gasteiger partial charge in [0.15, 0.2) is 0 Å². The Labute approximate surface area is 94.5 Å². The van der Waals surface area contributed by atoms with Gasteiger partial charge in [0.05, 0.1) is 0 Å². The van der Waals surface area contributed by atoms with Crippen molar-refractivity contribution in [2.75, 3.05) is 0 Å². The summed E-state index contributed by atoms with van der Waals surface area (Å²) in [6, 6.07) is 2.07. The zero-order valence-electron chi connectivity index (χ0n) is 10.0. The zero-order valence-corrected chi connectivity index (χ0v) is 10.0. The Morgan fingerprint density at radius 2 is 1.67 bits per heavy atom. The number of hydrogen-bond acceptors (Lipinski definition) is 1. The molecule has 15 heavy (non-hydrogen) atoms. The van der Waals surface area contributed by atoms with E-state index in [1.165, 1.54) is 51.4 Å². The fourth-order valence-corrected chi connectivity index (χ4v) is 1.89. The first-order chi connectivity index (χ1) is 7.43. The van der Waals surface area contributed by atoms with Crippen molar-refractivity contribution in [2.24, 2.45) is 0 Å². The molecular weight excluding hydrogens is 183 g/mol. The van der Waals surface area contributed by atoms with Crippen molar-refractivity contribution < 1.29 is 4.33 Å². The summed E-state index contributed by atoms with van der Waals surface area (Å²) >= 11 is 0. The van der Waals surface area contributed by atoms with E-state index in [-0.39, 0.29) is 0 Å². The molecule has 0 aliphatic carbocycles. The molecule has 1 heterocycles. The van der Waals surface area contributed by atoms with Crippen LogP contribution in [0.15, 0.2) is 16.4 Å². The van der Waals surface area contributed by atoms with E-state index in [4.69, 9.17) is 4.33 Å². The van der Waals surface area contributed by atoms with E-state index in [1.54, 1.807) is 7.13 Å². The molecule has 1 rings (SSSR count). The summed E-state index contributed by atoms with van der Waals surface area (Å²) in [5.74, 6) is 3.11. The molecule has 0 amide bonds. The normalized spacial score (nSPS) is 10.5. The topological polar surface area (TPSA) is 13.1 Å². The molecule has 0 aromatic carbocycles. The van der Waals surface area contributed by atoms with Crippen LogP contribution in [0.2, 0.25) is 0 Å². The van der Waals surface area contributed by atoms with Gasteiger partial charge in [0.2, 0.25) is 0 Å². The van der Waals surface area contributed by atoms with Crippen molar-refractivity contribution in [1.82, 2.24) is 0 Å². The van der Waals surface area contributed by atoms with Crippen LogP contribution in [0, 0.1) is 0 Å². The molecule has 1 aromatic heterocycles. The van der Waals surface area contributed by atoms with Crippen LogP contribution in [0.1, 0.15) is 64.1 Å². The molecule has 1 aromatic rings. The monoisotopic (exact) mass is 206 g/mol. The molecule has 0 bridgehead atoms. The van der Waals surface area contributed by atoms with Crippen molar-refractivity contribution >= 4 is 7.13 Å². The van der Waals surface area contributed by atoms with Crippen molar-refractivity contribution in [3.8, 4) is 0 Å². The summed E-state index contributed by atoms with van der Waals surface area (Å²) in [4.78, 5) is 0. The second-order valence-electron chi connectivity index (χ2n) is 4.30. The fraction of sp³-hybridized carbons (Fsp3) is 0.769.